The fourth-order valence-electron chi connectivity index (χ4n) is 0.862. The van der Waals surface area contributed by atoms with Gasteiger partial charge in [-0.05, 0) is 0 Å². The number of thiazole rings is 1. The molecule has 0 radical (unpaired) electrons. The van der Waals surface area contributed by atoms with Crippen LogP contribution in [0.1, 0.15) is 9.67 Å². The van der Waals surface area contributed by atoms with E-state index < -0.39 is 0 Å². The van der Waals surface area contributed by atoms with Crippen LogP contribution >= 0.6 is 22.9 Å². The maximum absolute atomic E-state index is 11.4. The van der Waals surface area contributed by atoms with Crippen LogP contribution in [0.5, 0.6) is 5.88 Å². The number of ether oxygens (including phenoxy) is 1. The van der Waals surface area contributed by atoms with E-state index in [4.69, 9.17) is 16.3 Å². The van der Waals surface area contributed by atoms with Crippen LogP contribution in [0.2, 0.25) is 0 Å². The van der Waals surface area contributed by atoms with E-state index in [-0.39, 0.29) is 11.7 Å². The zero-order valence-corrected chi connectivity index (χ0v) is 9.78. The average Bonchev–Trinajstić information content (AvgIpc) is 2.60. The van der Waals surface area contributed by atoms with Crippen LogP contribution in [0.3, 0.4) is 0 Å². The Labute approximate surface area is 91.5 Å². The molecule has 6 heteroatoms. The first-order valence-corrected chi connectivity index (χ1v) is 5.26. The van der Waals surface area contributed by atoms with Crippen molar-refractivity contribution in [2.24, 2.45) is 0 Å². The normalized spacial score (nSPS) is 10.0. The van der Waals surface area contributed by atoms with E-state index in [0.29, 0.717) is 10.8 Å². The van der Waals surface area contributed by atoms with Crippen LogP contribution in [0.25, 0.3) is 0 Å². The molecule has 0 saturated heterocycles. The minimum Gasteiger partial charge on any atom is -0.480 e. The topological polar surface area (TPSA) is 42.4 Å². The lowest BCUT2D eigenvalue weighted by Gasteiger charge is -2.04. The maximum atomic E-state index is 11.4. The van der Waals surface area contributed by atoms with Crippen molar-refractivity contribution in [3.05, 3.63) is 4.88 Å². The molecule has 0 spiro atoms. The van der Waals surface area contributed by atoms with Crippen LogP contribution in [-0.4, -0.2) is 37.9 Å². The summed E-state index contributed by atoms with van der Waals surface area (Å²) >= 11 is 6.75. The van der Waals surface area contributed by atoms with E-state index in [9.17, 15) is 4.79 Å². The van der Waals surface area contributed by atoms with E-state index in [0.717, 1.165) is 5.13 Å². The highest BCUT2D eigenvalue weighted by Crippen LogP contribution is 2.30. The Morgan fingerprint density at radius 3 is 2.71 bits per heavy atom. The lowest BCUT2D eigenvalue weighted by Crippen LogP contribution is -2.07. The van der Waals surface area contributed by atoms with E-state index >= 15 is 0 Å². The molecule has 0 bridgehead atoms. The smallest absolute Gasteiger partial charge is 0.237 e. The van der Waals surface area contributed by atoms with Crippen LogP contribution in [0.4, 0.5) is 5.13 Å². The third kappa shape index (κ3) is 2.16. The van der Waals surface area contributed by atoms with E-state index in [2.05, 4.69) is 4.98 Å². The molecule has 0 fully saturated rings. The first-order valence-electron chi connectivity index (χ1n) is 3.91. The van der Waals surface area contributed by atoms with E-state index in [1.807, 2.05) is 19.0 Å². The van der Waals surface area contributed by atoms with E-state index in [1.165, 1.54) is 18.4 Å². The SMILES string of the molecule is COc1nc(N(C)C)sc1C(=O)CCl. The van der Waals surface area contributed by atoms with Gasteiger partial charge in [0.05, 0.1) is 13.0 Å². The summed E-state index contributed by atoms with van der Waals surface area (Å²) in [6, 6.07) is 0. The predicted molar refractivity (Wildman–Crippen MR) is 58.0 cm³/mol. The van der Waals surface area contributed by atoms with Gasteiger partial charge in [-0.1, -0.05) is 11.3 Å². The summed E-state index contributed by atoms with van der Waals surface area (Å²) in [5.74, 6) is 0.143. The number of carbonyl (C=O) groups excluding carboxylic acids is 1. The first kappa shape index (κ1) is 11.3. The van der Waals surface area contributed by atoms with Gasteiger partial charge >= 0.3 is 0 Å². The van der Waals surface area contributed by atoms with Gasteiger partial charge in [0.2, 0.25) is 5.88 Å². The van der Waals surface area contributed by atoms with Crippen LogP contribution in [0, 0.1) is 0 Å². The Bertz CT molecular complexity index is 338. The number of hydrogen-bond donors (Lipinski definition) is 0. The van der Waals surface area contributed by atoms with Gasteiger partial charge in [-0.2, -0.15) is 4.98 Å². The Morgan fingerprint density at radius 2 is 2.29 bits per heavy atom. The van der Waals surface area contributed by atoms with Crippen molar-refractivity contribution in [1.82, 2.24) is 4.98 Å². The highest BCUT2D eigenvalue weighted by molar-refractivity contribution is 7.18. The summed E-state index contributed by atoms with van der Waals surface area (Å²) in [5, 5.41) is 0.732. The van der Waals surface area contributed by atoms with Gasteiger partial charge in [0.25, 0.3) is 0 Å². The van der Waals surface area contributed by atoms with Crippen LogP contribution in [0.15, 0.2) is 0 Å². The molecule has 0 N–H and O–H groups in total. The van der Waals surface area contributed by atoms with Crippen LogP contribution in [-0.2, 0) is 0 Å². The Balaban J connectivity index is 3.08. The molecule has 14 heavy (non-hydrogen) atoms. The van der Waals surface area contributed by atoms with Gasteiger partial charge in [0, 0.05) is 14.1 Å². The predicted octanol–water partition coefficient (Wildman–Crippen LogP) is 1.64. The lowest BCUT2D eigenvalue weighted by atomic mass is 10.4. The summed E-state index contributed by atoms with van der Waals surface area (Å²) in [7, 11) is 5.19. The monoisotopic (exact) mass is 234 g/mol. The minimum absolute atomic E-state index is 0.0502. The minimum atomic E-state index is -0.158. The van der Waals surface area contributed by atoms with Gasteiger partial charge in [0.15, 0.2) is 10.9 Å². The summed E-state index contributed by atoms with van der Waals surface area (Å²) < 4.78 is 4.99. The summed E-state index contributed by atoms with van der Waals surface area (Å²) in [5.41, 5.74) is 0. The third-order valence-corrected chi connectivity index (χ3v) is 3.02. The summed E-state index contributed by atoms with van der Waals surface area (Å²) in [4.78, 5) is 17.8. The van der Waals surface area contributed by atoms with Crippen LogP contribution < -0.4 is 9.64 Å². The van der Waals surface area contributed by atoms with Gasteiger partial charge in [-0.25, -0.2) is 0 Å². The number of carbonyl (C=O) groups is 1. The van der Waals surface area contributed by atoms with Gasteiger partial charge < -0.3 is 9.64 Å². The van der Waals surface area contributed by atoms with Gasteiger partial charge in [-0.15, -0.1) is 11.6 Å². The highest BCUT2D eigenvalue weighted by atomic mass is 35.5. The fourth-order valence-corrected chi connectivity index (χ4v) is 1.97. The fraction of sp³-hybridized carbons (Fsp3) is 0.500. The number of aromatic nitrogens is 1. The number of hydrogen-bond acceptors (Lipinski definition) is 5. The molecule has 1 aromatic heterocycles. The standard InChI is InChI=1S/C8H11ClN2O2S/c1-11(2)8-10-7(13-3)6(14-8)5(12)4-9/h4H2,1-3H3. The number of methoxy groups -OCH3 is 1. The number of ketones is 1. The molecule has 0 atom stereocenters. The van der Waals surface area contributed by atoms with Crippen molar-refractivity contribution < 1.29 is 9.53 Å². The molecule has 1 heterocycles. The van der Waals surface area contributed by atoms with Gasteiger partial charge in [-0.3, -0.25) is 4.79 Å². The Kier molecular flexibility index (Phi) is 3.71. The molecule has 0 unspecified atom stereocenters. The first-order chi connectivity index (χ1) is 6.60. The van der Waals surface area contributed by atoms with Crippen molar-refractivity contribution in [3.63, 3.8) is 0 Å². The second-order valence-corrected chi connectivity index (χ2v) is 4.03. The van der Waals surface area contributed by atoms with Crippen molar-refractivity contribution in [2.75, 3.05) is 32.0 Å². The number of Topliss-reactive ketones (excluding diaryl/α,β-unsaturated/α-hetero) is 1. The number of anilines is 1. The highest BCUT2D eigenvalue weighted by Gasteiger charge is 2.18. The number of alkyl halides is 1. The van der Waals surface area contributed by atoms with Crippen molar-refractivity contribution in [3.8, 4) is 5.88 Å². The number of halogens is 1. The van der Waals surface area contributed by atoms with E-state index in [1.54, 1.807) is 0 Å². The lowest BCUT2D eigenvalue weighted by molar-refractivity contribution is 0.102. The molecule has 1 rings (SSSR count). The average molecular weight is 235 g/mol. The molecule has 0 aliphatic carbocycles. The molecule has 0 aliphatic heterocycles. The van der Waals surface area contributed by atoms with Crippen molar-refractivity contribution in [2.45, 2.75) is 0 Å². The maximum Gasteiger partial charge on any atom is 0.237 e. The third-order valence-electron chi connectivity index (χ3n) is 1.54. The molecule has 1 aromatic rings. The second kappa shape index (κ2) is 4.61. The van der Waals surface area contributed by atoms with Crippen molar-refractivity contribution >= 4 is 33.9 Å². The molecule has 0 saturated carbocycles. The molecule has 0 amide bonds. The Hall–Kier alpha value is -0.810. The molecular formula is C8H11ClN2O2S. The molecular weight excluding hydrogens is 224 g/mol. The summed E-state index contributed by atoms with van der Waals surface area (Å²) in [6.07, 6.45) is 0. The zero-order valence-electron chi connectivity index (χ0n) is 8.20. The molecule has 0 aliphatic rings. The largest absolute Gasteiger partial charge is 0.480 e. The summed E-state index contributed by atoms with van der Waals surface area (Å²) in [6.45, 7) is 0. The Morgan fingerprint density at radius 1 is 1.64 bits per heavy atom. The second-order valence-electron chi connectivity index (χ2n) is 2.79. The van der Waals surface area contributed by atoms with Gasteiger partial charge in [0.1, 0.15) is 4.88 Å². The molecule has 0 aromatic carbocycles. The molecule has 4 nitrogen and oxygen atoms in total. The zero-order chi connectivity index (χ0) is 10.7. The van der Waals surface area contributed by atoms with Crippen molar-refractivity contribution in [1.29, 1.82) is 0 Å². The quantitative estimate of drug-likeness (QED) is 0.587. The number of rotatable bonds is 4. The number of nitrogens with zero attached hydrogens (tertiary/aromatic N) is 2. The molecule has 78 valence electrons.